The van der Waals surface area contributed by atoms with Gasteiger partial charge in [0.1, 0.15) is 17.8 Å². The number of hydrogen-bond donors (Lipinski definition) is 2. The quantitative estimate of drug-likeness (QED) is 0.419. The summed E-state index contributed by atoms with van der Waals surface area (Å²) in [5.74, 6) is -1.05. The Morgan fingerprint density at radius 3 is 2.47 bits per heavy atom. The van der Waals surface area contributed by atoms with E-state index < -0.39 is 30.0 Å². The van der Waals surface area contributed by atoms with Crippen molar-refractivity contribution in [2.45, 2.75) is 71.1 Å². The zero-order valence-electron chi connectivity index (χ0n) is 17.5. The molecule has 9 heteroatoms. The van der Waals surface area contributed by atoms with Crippen LogP contribution in [-0.2, 0) is 15.1 Å². The fraction of sp³-hybridized carbons (Fsp3) is 0.571. The van der Waals surface area contributed by atoms with Gasteiger partial charge in [-0.1, -0.05) is 44.7 Å². The maximum atomic E-state index is 12.9. The third-order valence-electron chi connectivity index (χ3n) is 5.13. The number of rotatable bonds is 11. The second kappa shape index (κ2) is 10.4. The zero-order valence-corrected chi connectivity index (χ0v) is 17.5. The maximum absolute atomic E-state index is 12.9. The van der Waals surface area contributed by atoms with Crippen LogP contribution in [0.5, 0.6) is 5.75 Å². The Balaban J connectivity index is 1.97. The second-order valence-corrected chi connectivity index (χ2v) is 7.67. The number of amides is 4. The first-order valence-corrected chi connectivity index (χ1v) is 10.2. The SMILES string of the molecule is CCCCCC[C@@H](C)NC(=O)CN1C(=O)N[C@](C)(c2ccc(OC(F)F)cc2)C1=O. The number of hydrogen-bond acceptors (Lipinski definition) is 4. The van der Waals surface area contributed by atoms with Gasteiger partial charge in [-0.2, -0.15) is 8.78 Å². The summed E-state index contributed by atoms with van der Waals surface area (Å²) >= 11 is 0. The lowest BCUT2D eigenvalue weighted by Gasteiger charge is -2.22. The first-order chi connectivity index (χ1) is 14.2. The molecule has 1 aromatic carbocycles. The van der Waals surface area contributed by atoms with Crippen LogP contribution in [0, 0.1) is 0 Å². The predicted molar refractivity (Wildman–Crippen MR) is 107 cm³/mol. The van der Waals surface area contributed by atoms with Gasteiger partial charge in [-0.05, 0) is 38.0 Å². The Labute approximate surface area is 175 Å². The lowest BCUT2D eigenvalue weighted by atomic mass is 9.92. The molecule has 4 amide bonds. The number of carbonyl (C=O) groups excluding carboxylic acids is 3. The van der Waals surface area contributed by atoms with Crippen molar-refractivity contribution in [2.24, 2.45) is 0 Å². The first kappa shape index (κ1) is 23.6. The minimum absolute atomic E-state index is 0.0520. The number of carbonyl (C=O) groups is 3. The highest BCUT2D eigenvalue weighted by Crippen LogP contribution is 2.30. The molecule has 1 aliphatic heterocycles. The van der Waals surface area contributed by atoms with Gasteiger partial charge in [0.2, 0.25) is 5.91 Å². The molecule has 0 bridgehead atoms. The standard InChI is InChI=1S/C21H29F2N3O4/c1-4-5-6-7-8-14(2)24-17(27)13-26-18(28)21(3,25-20(26)29)15-9-11-16(12-10-15)30-19(22)23/h9-12,14,19H,4-8,13H2,1-3H3,(H,24,27)(H,25,29)/t14-,21-/m1/s1. The summed E-state index contributed by atoms with van der Waals surface area (Å²) in [6, 6.07) is 4.71. The number of halogens is 2. The van der Waals surface area contributed by atoms with Crippen molar-refractivity contribution < 1.29 is 27.9 Å². The van der Waals surface area contributed by atoms with Crippen LogP contribution in [0.1, 0.15) is 58.4 Å². The van der Waals surface area contributed by atoms with Crippen molar-refractivity contribution in [2.75, 3.05) is 6.54 Å². The van der Waals surface area contributed by atoms with Crippen LogP contribution in [0.15, 0.2) is 24.3 Å². The summed E-state index contributed by atoms with van der Waals surface area (Å²) in [5, 5.41) is 5.40. The van der Waals surface area contributed by atoms with E-state index in [1.54, 1.807) is 0 Å². The number of ether oxygens (including phenoxy) is 1. The summed E-state index contributed by atoms with van der Waals surface area (Å²) in [4.78, 5) is 38.4. The first-order valence-electron chi connectivity index (χ1n) is 10.2. The molecule has 0 spiro atoms. The molecule has 2 rings (SSSR count). The molecule has 1 saturated heterocycles. The second-order valence-electron chi connectivity index (χ2n) is 7.67. The maximum Gasteiger partial charge on any atom is 0.387 e. The third-order valence-corrected chi connectivity index (χ3v) is 5.13. The van der Waals surface area contributed by atoms with Gasteiger partial charge in [-0.15, -0.1) is 0 Å². The Kier molecular flexibility index (Phi) is 8.14. The average molecular weight is 425 g/mol. The van der Waals surface area contributed by atoms with Gasteiger partial charge in [0, 0.05) is 6.04 Å². The normalized spacial score (nSPS) is 19.7. The zero-order chi connectivity index (χ0) is 22.3. The van der Waals surface area contributed by atoms with E-state index in [-0.39, 0.29) is 18.3 Å². The molecule has 1 fully saturated rings. The topological polar surface area (TPSA) is 87.7 Å². The van der Waals surface area contributed by atoms with Crippen LogP contribution < -0.4 is 15.4 Å². The van der Waals surface area contributed by atoms with Crippen molar-refractivity contribution in [1.29, 1.82) is 0 Å². The molecule has 0 radical (unpaired) electrons. The minimum Gasteiger partial charge on any atom is -0.435 e. The molecular weight excluding hydrogens is 396 g/mol. The van der Waals surface area contributed by atoms with E-state index in [2.05, 4.69) is 22.3 Å². The number of nitrogens with one attached hydrogen (secondary N) is 2. The molecule has 2 N–H and O–H groups in total. The molecule has 1 aliphatic rings. The van der Waals surface area contributed by atoms with Crippen LogP contribution in [0.4, 0.5) is 13.6 Å². The average Bonchev–Trinajstić information content (AvgIpc) is 2.89. The van der Waals surface area contributed by atoms with Gasteiger partial charge in [-0.3, -0.25) is 14.5 Å². The molecule has 7 nitrogen and oxygen atoms in total. The van der Waals surface area contributed by atoms with Gasteiger partial charge in [-0.25, -0.2) is 4.79 Å². The number of unbranched alkanes of at least 4 members (excludes halogenated alkanes) is 3. The van der Waals surface area contributed by atoms with Gasteiger partial charge < -0.3 is 15.4 Å². The van der Waals surface area contributed by atoms with Gasteiger partial charge in [0.15, 0.2) is 0 Å². The van der Waals surface area contributed by atoms with Crippen molar-refractivity contribution >= 4 is 17.8 Å². The Hall–Kier alpha value is -2.71. The van der Waals surface area contributed by atoms with E-state index in [0.29, 0.717) is 5.56 Å². The van der Waals surface area contributed by atoms with Crippen molar-refractivity contribution in [3.05, 3.63) is 29.8 Å². The highest BCUT2D eigenvalue weighted by molar-refractivity contribution is 6.09. The van der Waals surface area contributed by atoms with Crippen molar-refractivity contribution in [3.8, 4) is 5.75 Å². The third kappa shape index (κ3) is 5.90. The highest BCUT2D eigenvalue weighted by atomic mass is 19.3. The summed E-state index contributed by atoms with van der Waals surface area (Å²) in [6.07, 6.45) is 5.21. The largest absolute Gasteiger partial charge is 0.435 e. The Morgan fingerprint density at radius 2 is 1.87 bits per heavy atom. The molecule has 0 saturated carbocycles. The smallest absolute Gasteiger partial charge is 0.387 e. The summed E-state index contributed by atoms with van der Waals surface area (Å²) in [5.41, 5.74) is -0.998. The van der Waals surface area contributed by atoms with Crippen molar-refractivity contribution in [1.82, 2.24) is 15.5 Å². The minimum atomic E-state index is -2.96. The molecule has 0 aromatic heterocycles. The number of urea groups is 1. The molecular formula is C21H29F2N3O4. The Morgan fingerprint density at radius 1 is 1.20 bits per heavy atom. The number of nitrogens with zero attached hydrogens (tertiary/aromatic N) is 1. The fourth-order valence-corrected chi connectivity index (χ4v) is 3.42. The molecule has 0 unspecified atom stereocenters. The van der Waals surface area contributed by atoms with Crippen LogP contribution in [0.25, 0.3) is 0 Å². The van der Waals surface area contributed by atoms with Crippen LogP contribution in [0.3, 0.4) is 0 Å². The van der Waals surface area contributed by atoms with Crippen molar-refractivity contribution in [3.63, 3.8) is 0 Å². The molecule has 1 aromatic rings. The molecule has 1 heterocycles. The van der Waals surface area contributed by atoms with E-state index in [1.807, 2.05) is 6.92 Å². The lowest BCUT2D eigenvalue weighted by Crippen LogP contribution is -2.45. The number of alkyl halides is 2. The van der Waals surface area contributed by atoms with Crippen LogP contribution in [0.2, 0.25) is 0 Å². The summed E-state index contributed by atoms with van der Waals surface area (Å²) < 4.78 is 28.9. The number of imide groups is 1. The molecule has 0 aliphatic carbocycles. The summed E-state index contributed by atoms with van der Waals surface area (Å²) in [7, 11) is 0. The van der Waals surface area contributed by atoms with Crippen LogP contribution >= 0.6 is 0 Å². The van der Waals surface area contributed by atoms with E-state index >= 15 is 0 Å². The molecule has 30 heavy (non-hydrogen) atoms. The fourth-order valence-electron chi connectivity index (χ4n) is 3.42. The number of benzene rings is 1. The molecule has 166 valence electrons. The summed E-state index contributed by atoms with van der Waals surface area (Å²) in [6.45, 7) is 2.18. The van der Waals surface area contributed by atoms with E-state index in [4.69, 9.17) is 0 Å². The monoisotopic (exact) mass is 425 g/mol. The van der Waals surface area contributed by atoms with E-state index in [9.17, 15) is 23.2 Å². The van der Waals surface area contributed by atoms with Gasteiger partial charge >= 0.3 is 12.6 Å². The lowest BCUT2D eigenvalue weighted by molar-refractivity contribution is -0.135. The van der Waals surface area contributed by atoms with Crippen LogP contribution in [-0.4, -0.2) is 41.9 Å². The van der Waals surface area contributed by atoms with Gasteiger partial charge in [0.05, 0.1) is 0 Å². The highest BCUT2D eigenvalue weighted by Gasteiger charge is 2.49. The molecule has 2 atom stereocenters. The Bertz CT molecular complexity index is 757. The van der Waals surface area contributed by atoms with Gasteiger partial charge in [0.25, 0.3) is 5.91 Å². The van der Waals surface area contributed by atoms with E-state index in [0.717, 1.165) is 37.0 Å². The predicted octanol–water partition coefficient (Wildman–Crippen LogP) is 3.53. The van der Waals surface area contributed by atoms with E-state index in [1.165, 1.54) is 31.2 Å².